The summed E-state index contributed by atoms with van der Waals surface area (Å²) >= 11 is 1.72. The van der Waals surface area contributed by atoms with E-state index in [2.05, 4.69) is 32.5 Å². The number of aliphatic imine (C=N–C) groups is 1. The molecule has 0 spiro atoms. The van der Waals surface area contributed by atoms with E-state index in [0.717, 1.165) is 56.7 Å². The zero-order chi connectivity index (χ0) is 21.7. The van der Waals surface area contributed by atoms with Gasteiger partial charge in [-0.05, 0) is 52.3 Å². The number of thioether (sulfide) groups is 1. The monoisotopic (exact) mass is 425 g/mol. The molecule has 8 heteroatoms. The van der Waals surface area contributed by atoms with Gasteiger partial charge in [0.05, 0.1) is 16.9 Å². The van der Waals surface area contributed by atoms with E-state index in [-0.39, 0.29) is 5.54 Å². The minimum absolute atomic E-state index is 0.275. The Morgan fingerprint density at radius 3 is 2.50 bits per heavy atom. The Bertz CT molecular complexity index is 1040. The van der Waals surface area contributed by atoms with Crippen LogP contribution >= 0.6 is 11.8 Å². The number of hydrogen-bond donors (Lipinski definition) is 2. The number of carbonyl (C=O) groups is 1. The van der Waals surface area contributed by atoms with E-state index in [4.69, 9.17) is 4.42 Å². The topological polar surface area (TPSA) is 92.4 Å². The molecule has 1 aromatic carbocycles. The highest BCUT2D eigenvalue weighted by Gasteiger charge is 2.34. The molecule has 3 heterocycles. The van der Waals surface area contributed by atoms with Crippen LogP contribution in [0.5, 0.6) is 0 Å². The lowest BCUT2D eigenvalue weighted by Gasteiger charge is -2.36. The molecule has 1 aliphatic rings. The van der Waals surface area contributed by atoms with Crippen molar-refractivity contribution in [3.8, 4) is 0 Å². The minimum Gasteiger partial charge on any atom is -0.461 e. The molecule has 3 aromatic rings. The molecule has 0 aliphatic carbocycles. The smallest absolute Gasteiger partial charge is 0.211 e. The van der Waals surface area contributed by atoms with Crippen LogP contribution in [0.15, 0.2) is 40.0 Å². The third kappa shape index (κ3) is 4.99. The highest BCUT2D eigenvalue weighted by molar-refractivity contribution is 8.13. The van der Waals surface area contributed by atoms with Crippen molar-refractivity contribution in [2.75, 3.05) is 18.1 Å². The Labute approximate surface area is 180 Å². The van der Waals surface area contributed by atoms with Crippen LogP contribution in [0.4, 0.5) is 5.69 Å². The van der Waals surface area contributed by atoms with Gasteiger partial charge < -0.3 is 15.1 Å². The molecule has 1 saturated heterocycles. The second-order valence-corrected chi connectivity index (χ2v) is 8.53. The molecule has 1 fully saturated rings. The molecule has 1 aliphatic heterocycles. The van der Waals surface area contributed by atoms with Gasteiger partial charge in [0.15, 0.2) is 5.17 Å². The first-order valence-corrected chi connectivity index (χ1v) is 10.7. The summed E-state index contributed by atoms with van der Waals surface area (Å²) in [6.45, 7) is 7.93. The van der Waals surface area contributed by atoms with E-state index in [0.29, 0.717) is 6.41 Å². The van der Waals surface area contributed by atoms with Crippen molar-refractivity contribution in [3.63, 3.8) is 0 Å². The van der Waals surface area contributed by atoms with Gasteiger partial charge in [-0.3, -0.25) is 19.8 Å². The minimum atomic E-state index is -0.275. The van der Waals surface area contributed by atoms with Crippen LogP contribution in [0.2, 0.25) is 0 Å². The van der Waals surface area contributed by atoms with Gasteiger partial charge in [-0.2, -0.15) is 0 Å². The fourth-order valence-corrected chi connectivity index (χ4v) is 4.44. The number of aryl methyl sites for hydroxylation is 3. The number of anilines is 1. The highest BCUT2D eigenvalue weighted by Crippen LogP contribution is 2.38. The zero-order valence-electron chi connectivity index (χ0n) is 17.9. The van der Waals surface area contributed by atoms with Gasteiger partial charge in [-0.1, -0.05) is 11.8 Å². The first kappa shape index (κ1) is 21.8. The number of rotatable bonds is 3. The predicted octanol–water partition coefficient (Wildman–Crippen LogP) is 4.33. The van der Waals surface area contributed by atoms with Gasteiger partial charge in [0.1, 0.15) is 11.3 Å². The Hall–Kier alpha value is -2.87. The predicted molar refractivity (Wildman–Crippen MR) is 123 cm³/mol. The van der Waals surface area contributed by atoms with Gasteiger partial charge in [0.25, 0.3) is 0 Å². The van der Waals surface area contributed by atoms with Gasteiger partial charge in [0, 0.05) is 41.8 Å². The van der Waals surface area contributed by atoms with Crippen molar-refractivity contribution in [3.05, 3.63) is 53.3 Å². The fourth-order valence-electron chi connectivity index (χ4n) is 3.31. The maximum Gasteiger partial charge on any atom is 0.211 e. The van der Waals surface area contributed by atoms with Crippen molar-refractivity contribution in [1.82, 2.24) is 15.3 Å². The molecule has 1 amide bonds. The van der Waals surface area contributed by atoms with Crippen molar-refractivity contribution in [2.45, 2.75) is 39.7 Å². The van der Waals surface area contributed by atoms with E-state index in [1.54, 1.807) is 31.2 Å². The summed E-state index contributed by atoms with van der Waals surface area (Å²) in [6, 6.07) is 5.90. The number of nitrogens with one attached hydrogen (secondary N) is 2. The Kier molecular flexibility index (Phi) is 6.77. The number of hydrogen-bond acceptors (Lipinski definition) is 6. The van der Waals surface area contributed by atoms with Gasteiger partial charge in [-0.15, -0.1) is 0 Å². The average molecular weight is 426 g/mol. The van der Waals surface area contributed by atoms with E-state index in [1.807, 2.05) is 39.0 Å². The third-order valence-corrected chi connectivity index (χ3v) is 5.86. The van der Waals surface area contributed by atoms with E-state index in [1.165, 1.54) is 0 Å². The maximum absolute atomic E-state index is 10.8. The number of furan rings is 1. The lowest BCUT2D eigenvalue weighted by Crippen LogP contribution is -2.46. The number of amidine groups is 1. The molecule has 4 rings (SSSR count). The summed E-state index contributed by atoms with van der Waals surface area (Å²) in [5, 5.41) is 8.17. The van der Waals surface area contributed by atoms with Crippen molar-refractivity contribution in [2.24, 2.45) is 4.99 Å². The lowest BCUT2D eigenvalue weighted by molar-refractivity contribution is -0.105. The molecule has 2 aromatic heterocycles. The Balaban J connectivity index is 0.000000269. The normalized spacial score (nSPS) is 19.7. The van der Waals surface area contributed by atoms with Crippen molar-refractivity contribution in [1.29, 1.82) is 0 Å². The molecule has 158 valence electrons. The molecule has 30 heavy (non-hydrogen) atoms. The Morgan fingerprint density at radius 1 is 1.20 bits per heavy atom. The van der Waals surface area contributed by atoms with Crippen molar-refractivity contribution >= 4 is 40.0 Å². The summed E-state index contributed by atoms with van der Waals surface area (Å²) in [5.74, 6) is 1.85. The van der Waals surface area contributed by atoms with Crippen LogP contribution in [-0.4, -0.2) is 34.3 Å². The van der Waals surface area contributed by atoms with E-state index >= 15 is 0 Å². The molecule has 1 atom stereocenters. The summed E-state index contributed by atoms with van der Waals surface area (Å²) in [5.41, 5.74) is 4.35. The van der Waals surface area contributed by atoms with Crippen LogP contribution in [0.3, 0.4) is 0 Å². The number of nitrogens with zero attached hydrogens (tertiary/aromatic N) is 3. The summed E-state index contributed by atoms with van der Waals surface area (Å²) in [7, 11) is 1.79. The molecular formula is C22H27N5O2S. The van der Waals surface area contributed by atoms with Gasteiger partial charge in [-0.25, -0.2) is 0 Å². The standard InChI is InChI=1S/C16H19N3O2S.C6H8N2/c1-10-6-11-7-12(18-9-20)8-13(14(11)21-10)16(2)4-5-22-15(17-3)19-16;1-5-3-8-6(2)4-7-5/h6-9H,4-5H2,1-3H3,(H,17,19)(H,18,20);3-4H,1-2H3. The quantitative estimate of drug-likeness (QED) is 0.607. The van der Waals surface area contributed by atoms with Crippen LogP contribution in [0.1, 0.15) is 36.1 Å². The summed E-state index contributed by atoms with van der Waals surface area (Å²) in [4.78, 5) is 23.1. The summed E-state index contributed by atoms with van der Waals surface area (Å²) < 4.78 is 5.92. The SMILES string of the molecule is CN=C1NC(C)(c2cc(NC=O)cc3cc(C)oc23)CCS1.Cc1cnc(C)cn1. The number of fused-ring (bicyclic) bond motifs is 1. The molecular weight excluding hydrogens is 398 g/mol. The highest BCUT2D eigenvalue weighted by atomic mass is 32.2. The average Bonchev–Trinajstić information content (AvgIpc) is 3.10. The maximum atomic E-state index is 10.8. The first-order chi connectivity index (χ1) is 14.3. The van der Waals surface area contributed by atoms with E-state index in [9.17, 15) is 4.79 Å². The molecule has 2 N–H and O–H groups in total. The van der Waals surface area contributed by atoms with Crippen LogP contribution in [0, 0.1) is 20.8 Å². The third-order valence-electron chi connectivity index (χ3n) is 4.90. The lowest BCUT2D eigenvalue weighted by atomic mass is 9.87. The summed E-state index contributed by atoms with van der Waals surface area (Å²) in [6.07, 6.45) is 5.17. The number of amides is 1. The number of aromatic nitrogens is 2. The molecule has 0 radical (unpaired) electrons. The molecule has 0 bridgehead atoms. The second-order valence-electron chi connectivity index (χ2n) is 7.44. The number of carbonyl (C=O) groups excluding carboxylic acids is 1. The van der Waals surface area contributed by atoms with Crippen LogP contribution in [0.25, 0.3) is 11.0 Å². The zero-order valence-corrected chi connectivity index (χ0v) is 18.8. The van der Waals surface area contributed by atoms with Gasteiger partial charge >= 0.3 is 0 Å². The van der Waals surface area contributed by atoms with Crippen LogP contribution in [-0.2, 0) is 10.3 Å². The molecule has 7 nitrogen and oxygen atoms in total. The number of benzene rings is 1. The second kappa shape index (κ2) is 9.30. The Morgan fingerprint density at radius 2 is 1.90 bits per heavy atom. The fraction of sp³-hybridized carbons (Fsp3) is 0.364. The molecule has 1 unspecified atom stereocenters. The largest absolute Gasteiger partial charge is 0.461 e. The van der Waals surface area contributed by atoms with E-state index < -0.39 is 0 Å². The molecule has 0 saturated carbocycles. The van der Waals surface area contributed by atoms with Crippen molar-refractivity contribution < 1.29 is 9.21 Å². The van der Waals surface area contributed by atoms with Crippen LogP contribution < -0.4 is 10.6 Å². The first-order valence-electron chi connectivity index (χ1n) is 9.72. The van der Waals surface area contributed by atoms with Gasteiger partial charge in [0.2, 0.25) is 6.41 Å².